The van der Waals surface area contributed by atoms with Crippen molar-refractivity contribution >= 4 is 57.2 Å². The average Bonchev–Trinajstić information content (AvgIpc) is 3.46. The van der Waals surface area contributed by atoms with E-state index in [1.165, 1.54) is 64.0 Å². The van der Waals surface area contributed by atoms with E-state index in [2.05, 4.69) is 96.6 Å². The molecule has 0 aliphatic carbocycles. The number of anilines is 2. The van der Waals surface area contributed by atoms with Crippen LogP contribution in [0.4, 0.5) is 11.4 Å². The molecule has 0 spiro atoms. The Morgan fingerprint density at radius 1 is 0.896 bits per heavy atom. The van der Waals surface area contributed by atoms with Gasteiger partial charge in [0.2, 0.25) is 5.91 Å². The molecule has 1 N–H and O–H groups in total. The van der Waals surface area contributed by atoms with Crippen molar-refractivity contribution in [2.45, 2.75) is 99.6 Å². The molecule has 4 rings (SSSR count). The van der Waals surface area contributed by atoms with E-state index < -0.39 is 13.5 Å². The third-order valence-electron chi connectivity index (χ3n) is 8.12. The Labute approximate surface area is 311 Å². The Morgan fingerprint density at radius 2 is 1.44 bits per heavy atom. The Hall–Kier alpha value is -1.92. The molecule has 0 bridgehead atoms. The monoisotopic (exact) mass is 846 g/mol. The van der Waals surface area contributed by atoms with Gasteiger partial charge in [-0.05, 0) is 75.3 Å². The van der Waals surface area contributed by atoms with E-state index in [0.29, 0.717) is 13.0 Å². The molecule has 1 saturated heterocycles. The minimum absolute atomic E-state index is 0.159. The number of halogens is 3. The summed E-state index contributed by atoms with van der Waals surface area (Å²) in [5.41, 5.74) is 11.3. The summed E-state index contributed by atoms with van der Waals surface area (Å²) in [5.74, 6) is 1.01. The number of unbranched alkanes of at least 4 members (excludes halogenated alkanes) is 4. The number of carbonyl (C=O) groups excluding carboxylic acids is 1. The van der Waals surface area contributed by atoms with E-state index in [9.17, 15) is 4.79 Å². The van der Waals surface area contributed by atoms with Gasteiger partial charge >= 0.3 is 97.8 Å². The zero-order chi connectivity index (χ0) is 35.2. The number of nitrogens with zero attached hydrogens (tertiary/aromatic N) is 2. The van der Waals surface area contributed by atoms with Crippen molar-refractivity contribution in [1.82, 2.24) is 5.32 Å². The van der Waals surface area contributed by atoms with Gasteiger partial charge in [0.15, 0.2) is 0 Å². The first-order chi connectivity index (χ1) is 22.9. The van der Waals surface area contributed by atoms with Crippen LogP contribution >= 0.6 is 35.3 Å². The normalized spacial score (nSPS) is 12.9. The van der Waals surface area contributed by atoms with Gasteiger partial charge in [-0.15, -0.1) is 0 Å². The van der Waals surface area contributed by atoms with Crippen LogP contribution in [0.1, 0.15) is 91.3 Å². The second-order valence-corrected chi connectivity index (χ2v) is 19.3. The summed E-state index contributed by atoms with van der Waals surface area (Å²) in [6, 6.07) is 16.8. The summed E-state index contributed by atoms with van der Waals surface area (Å²) in [6.45, 7) is 19.7. The number of aryl methyl sites for hydroxylation is 5. The third kappa shape index (κ3) is 13.1. The zero-order valence-electron chi connectivity index (χ0n) is 29.6. The summed E-state index contributed by atoms with van der Waals surface area (Å²) in [4.78, 5) is 17.0. The summed E-state index contributed by atoms with van der Waals surface area (Å²) >= 11 is 1.70. The molecule has 1 aliphatic heterocycles. The number of nitrogens with one attached hydrogen (secondary N) is 1. The minimum atomic E-state index is -1.77. The number of hydrogen-bond acceptors (Lipinski definition) is 4. The molecule has 266 valence electrons. The van der Waals surface area contributed by atoms with Gasteiger partial charge in [-0.3, -0.25) is 4.79 Å². The van der Waals surface area contributed by atoms with E-state index >= 15 is 0 Å². The first kappa shape index (κ1) is 40.5. The fraction of sp³-hybridized carbons (Fsp3) is 0.462. The second kappa shape index (κ2) is 20.7. The Bertz CT molecular complexity index is 1480. The van der Waals surface area contributed by atoms with E-state index in [-0.39, 0.29) is 12.0 Å². The maximum atomic E-state index is 12.3. The van der Waals surface area contributed by atoms with Crippen LogP contribution in [0, 0.1) is 41.3 Å². The van der Waals surface area contributed by atoms with Gasteiger partial charge < -0.3 is 15.1 Å². The minimum Gasteiger partial charge on any atom is -0.502 e. The molecular weight excluding hydrogens is 794 g/mol. The molecular formula is C39H53BrCl2N3O2Ru-. The van der Waals surface area contributed by atoms with Gasteiger partial charge in [0.05, 0.1) is 0 Å². The number of amides is 1. The summed E-state index contributed by atoms with van der Waals surface area (Å²) in [5, 5.41) is 4.19. The van der Waals surface area contributed by atoms with Gasteiger partial charge in [0.1, 0.15) is 0 Å². The fourth-order valence-electron chi connectivity index (χ4n) is 6.27. The maximum absolute atomic E-state index is 12.3. The average molecular weight is 848 g/mol. The quantitative estimate of drug-likeness (QED) is 0.0760. The number of hydrogen-bond donors (Lipinski definition) is 1. The Morgan fingerprint density at radius 3 is 2.00 bits per heavy atom. The van der Waals surface area contributed by atoms with Crippen molar-refractivity contribution in [3.8, 4) is 5.75 Å². The van der Waals surface area contributed by atoms with Gasteiger partial charge in [0, 0.05) is 42.8 Å². The van der Waals surface area contributed by atoms with Gasteiger partial charge in [-0.2, -0.15) is 6.67 Å². The summed E-state index contributed by atoms with van der Waals surface area (Å²) in [7, 11) is 11.6. The molecule has 3 aromatic carbocycles. The van der Waals surface area contributed by atoms with E-state index in [1.54, 1.807) is 0 Å². The third-order valence-corrected chi connectivity index (χ3v) is 10.5. The largest absolute Gasteiger partial charge is 0.502 e. The standard InChI is InChI=1S/C29H41BrN3O.C10H12O.2ClH.Ru/c1-21-15-22(2)28(23(3)16-21)32-13-14-33(20-32)29-24(4)17-26(18-25(29)5)19-31-27(34)11-9-7-6-8-10-12-30;1-8(2)11-10-7-5-4-6-9(10)3;;;/h15-18,20H,6-14,19H2,1-5H3,(H,31,34);3-8H,1-2H3;2*1H;/q-1;;;;+2/p-2. The number of para-hydroxylation sites is 1. The first-order valence-corrected chi connectivity index (χ1v) is 23.5. The summed E-state index contributed by atoms with van der Waals surface area (Å²) < 4.78 is 7.51. The first-order valence-electron chi connectivity index (χ1n) is 16.9. The predicted molar refractivity (Wildman–Crippen MR) is 208 cm³/mol. The van der Waals surface area contributed by atoms with Crippen LogP contribution in [0.3, 0.4) is 0 Å². The molecule has 0 aromatic heterocycles. The molecule has 0 unspecified atom stereocenters. The fourth-order valence-corrected chi connectivity index (χ4v) is 8.48. The van der Waals surface area contributed by atoms with Crippen molar-refractivity contribution in [3.05, 3.63) is 94.1 Å². The van der Waals surface area contributed by atoms with Crippen molar-refractivity contribution in [2.75, 3.05) is 28.2 Å². The molecule has 48 heavy (non-hydrogen) atoms. The second-order valence-electron chi connectivity index (χ2n) is 12.8. The molecule has 1 fully saturated rings. The van der Waals surface area contributed by atoms with Gasteiger partial charge in [-0.1, -0.05) is 65.0 Å². The van der Waals surface area contributed by atoms with Crippen LogP contribution in [0.15, 0.2) is 48.5 Å². The van der Waals surface area contributed by atoms with E-state index in [4.69, 9.17) is 24.1 Å². The summed E-state index contributed by atoms with van der Waals surface area (Å²) in [6.07, 6.45) is 6.59. The molecule has 1 amide bonds. The molecule has 0 saturated carbocycles. The van der Waals surface area contributed by atoms with Crippen molar-refractivity contribution < 1.29 is 23.0 Å². The van der Waals surface area contributed by atoms with Crippen LogP contribution < -0.4 is 19.9 Å². The maximum Gasteiger partial charge on any atom is 0.220 e. The number of rotatable bonds is 14. The van der Waals surface area contributed by atoms with E-state index in [0.717, 1.165) is 42.6 Å². The van der Waals surface area contributed by atoms with Crippen LogP contribution in [0.25, 0.3) is 0 Å². The SMILES string of the molecule is CC(C)Oc1ccccc1[CH]=[Ru]([Cl])[Cl].Cc1cc(C)c(N2[CH-]N(c3c(C)cc(CNC(=O)CCCCCCCBr)cc3C)CC2)c(C)c1. The van der Waals surface area contributed by atoms with Crippen LogP contribution in [0.5, 0.6) is 5.75 Å². The van der Waals surface area contributed by atoms with E-state index in [1.807, 2.05) is 42.7 Å². The number of alkyl halides is 1. The topological polar surface area (TPSA) is 44.8 Å². The van der Waals surface area contributed by atoms with Crippen LogP contribution in [-0.2, 0) is 24.9 Å². The molecule has 1 aliphatic rings. The molecule has 1 heterocycles. The van der Waals surface area contributed by atoms with Gasteiger partial charge in [-0.25, -0.2) is 0 Å². The zero-order valence-corrected chi connectivity index (χ0v) is 34.5. The number of benzene rings is 3. The molecule has 3 aromatic rings. The number of carbonyl (C=O) groups is 1. The van der Waals surface area contributed by atoms with Crippen LogP contribution in [0.2, 0.25) is 0 Å². The Kier molecular flexibility index (Phi) is 17.5. The van der Waals surface area contributed by atoms with Crippen molar-refractivity contribution in [2.24, 2.45) is 0 Å². The van der Waals surface area contributed by atoms with Crippen molar-refractivity contribution in [3.63, 3.8) is 0 Å². The van der Waals surface area contributed by atoms with Crippen molar-refractivity contribution in [1.29, 1.82) is 0 Å². The molecule has 5 nitrogen and oxygen atoms in total. The smallest absolute Gasteiger partial charge is 0.220 e. The molecule has 9 heteroatoms. The number of ether oxygens (including phenoxy) is 1. The molecule has 0 atom stereocenters. The van der Waals surface area contributed by atoms with Gasteiger partial charge in [0.25, 0.3) is 0 Å². The molecule has 0 radical (unpaired) electrons. The van der Waals surface area contributed by atoms with Crippen LogP contribution in [-0.4, -0.2) is 35.0 Å². The predicted octanol–water partition coefficient (Wildman–Crippen LogP) is 10.6. The Balaban J connectivity index is 0.000000373.